The van der Waals surface area contributed by atoms with E-state index in [-0.39, 0.29) is 6.04 Å². The lowest BCUT2D eigenvalue weighted by molar-refractivity contribution is -0.160. The van der Waals surface area contributed by atoms with Crippen molar-refractivity contribution < 1.29 is 24.2 Å². The van der Waals surface area contributed by atoms with Gasteiger partial charge in [0.1, 0.15) is 0 Å². The van der Waals surface area contributed by atoms with Crippen LogP contribution in [0, 0.1) is 13.8 Å². The van der Waals surface area contributed by atoms with Crippen molar-refractivity contribution in [3.63, 3.8) is 0 Å². The van der Waals surface area contributed by atoms with Crippen molar-refractivity contribution >= 4 is 40.3 Å². The molecule has 2 aromatic carbocycles. The molecule has 0 bridgehead atoms. The van der Waals surface area contributed by atoms with E-state index in [1.165, 1.54) is 7.11 Å². The second-order valence-electron chi connectivity index (χ2n) is 10.1. The number of ether oxygens (including phenoxy) is 2. The first-order chi connectivity index (χ1) is 16.4. The van der Waals surface area contributed by atoms with Crippen LogP contribution in [0.4, 0.5) is 10.5 Å². The molecular formula is C27H31ClN2O5. The number of carbonyl (C=O) groups excluding carboxylic acids is 1. The van der Waals surface area contributed by atoms with Crippen LogP contribution in [0.15, 0.2) is 30.3 Å². The second kappa shape index (κ2) is 8.88. The van der Waals surface area contributed by atoms with Crippen molar-refractivity contribution in [1.29, 1.82) is 0 Å². The van der Waals surface area contributed by atoms with Crippen molar-refractivity contribution in [2.75, 3.05) is 12.0 Å². The van der Waals surface area contributed by atoms with Gasteiger partial charge in [0.15, 0.2) is 6.10 Å². The highest BCUT2D eigenvalue weighted by Gasteiger charge is 2.39. The van der Waals surface area contributed by atoms with Gasteiger partial charge in [0.05, 0.1) is 30.0 Å². The summed E-state index contributed by atoms with van der Waals surface area (Å²) in [5.74, 6) is -1.10. The molecule has 4 rings (SSSR count). The quantitative estimate of drug-likeness (QED) is 0.444. The number of carboxylic acid groups (broad SMARTS) is 1. The number of carboxylic acids is 1. The van der Waals surface area contributed by atoms with E-state index in [2.05, 4.69) is 10.6 Å². The van der Waals surface area contributed by atoms with E-state index < -0.39 is 23.8 Å². The fourth-order valence-corrected chi connectivity index (χ4v) is 5.19. The zero-order valence-corrected chi connectivity index (χ0v) is 21.9. The maximum atomic E-state index is 13.0. The molecule has 1 amide bonds. The van der Waals surface area contributed by atoms with Crippen LogP contribution < -0.4 is 4.90 Å². The van der Waals surface area contributed by atoms with Gasteiger partial charge in [-0.25, -0.2) is 9.59 Å². The summed E-state index contributed by atoms with van der Waals surface area (Å²) in [4.78, 5) is 27.3. The molecule has 186 valence electrons. The Kier molecular flexibility index (Phi) is 6.36. The Morgan fingerprint density at radius 1 is 1.17 bits per heavy atom. The summed E-state index contributed by atoms with van der Waals surface area (Å²) in [5.41, 5.74) is 4.57. The number of aromatic nitrogens is 1. The summed E-state index contributed by atoms with van der Waals surface area (Å²) in [7, 11) is 1.35. The topological polar surface area (TPSA) is 81.0 Å². The molecule has 1 aliphatic heterocycles. The number of methoxy groups -OCH3 is 1. The third-order valence-corrected chi connectivity index (χ3v) is 6.67. The molecule has 0 saturated heterocycles. The summed E-state index contributed by atoms with van der Waals surface area (Å²) in [5, 5.41) is 11.8. The van der Waals surface area contributed by atoms with Crippen LogP contribution in [0.1, 0.15) is 50.6 Å². The van der Waals surface area contributed by atoms with Crippen molar-refractivity contribution in [3.05, 3.63) is 52.2 Å². The Balaban J connectivity index is 2.19. The number of aliphatic carboxylic acids is 1. The van der Waals surface area contributed by atoms with Crippen molar-refractivity contribution in [2.24, 2.45) is 0 Å². The molecule has 0 radical (unpaired) electrons. The van der Waals surface area contributed by atoms with Crippen LogP contribution in [0.3, 0.4) is 0 Å². The SMILES string of the molecule is COC(=O)N1c2c(C)c([C@H](OC(C)(C)C)C(=O)O)c(-c3ccc(Cl)cc3)c3cc(C)n(c23)C[C@H]1C. The number of amides is 1. The predicted octanol–water partition coefficient (Wildman–Crippen LogP) is 6.49. The summed E-state index contributed by atoms with van der Waals surface area (Å²) >= 11 is 6.18. The minimum Gasteiger partial charge on any atom is -0.479 e. The molecule has 0 aliphatic carbocycles. The van der Waals surface area contributed by atoms with Crippen LogP contribution in [0.2, 0.25) is 5.02 Å². The molecule has 1 aliphatic rings. The van der Waals surface area contributed by atoms with Gasteiger partial charge in [-0.15, -0.1) is 0 Å². The lowest BCUT2D eigenvalue weighted by Crippen LogP contribution is -2.44. The Morgan fingerprint density at radius 3 is 2.34 bits per heavy atom. The number of rotatable bonds is 4. The van der Waals surface area contributed by atoms with Crippen LogP contribution in [-0.2, 0) is 20.8 Å². The molecule has 0 saturated carbocycles. The first kappa shape index (κ1) is 25.1. The van der Waals surface area contributed by atoms with Gasteiger partial charge in [0.2, 0.25) is 0 Å². The zero-order chi connectivity index (χ0) is 25.8. The van der Waals surface area contributed by atoms with E-state index in [9.17, 15) is 14.7 Å². The Morgan fingerprint density at radius 2 is 1.80 bits per heavy atom. The van der Waals surface area contributed by atoms with Gasteiger partial charge in [-0.2, -0.15) is 0 Å². The highest BCUT2D eigenvalue weighted by Crippen LogP contribution is 2.48. The number of carbonyl (C=O) groups is 2. The molecule has 3 aromatic rings. The molecule has 1 aromatic heterocycles. The number of benzene rings is 2. The fraction of sp³-hybridized carbons (Fsp3) is 0.407. The van der Waals surface area contributed by atoms with Crippen LogP contribution in [0.25, 0.3) is 22.0 Å². The first-order valence-electron chi connectivity index (χ1n) is 11.6. The number of hydrogen-bond acceptors (Lipinski definition) is 4. The average molecular weight is 499 g/mol. The molecule has 0 fully saturated rings. The number of anilines is 1. The molecular weight excluding hydrogens is 468 g/mol. The molecule has 2 atom stereocenters. The number of hydrogen-bond donors (Lipinski definition) is 1. The predicted molar refractivity (Wildman–Crippen MR) is 137 cm³/mol. The summed E-state index contributed by atoms with van der Waals surface area (Å²) in [6.45, 7) is 11.9. The van der Waals surface area contributed by atoms with Gasteiger partial charge < -0.3 is 19.1 Å². The first-order valence-corrected chi connectivity index (χ1v) is 11.9. The summed E-state index contributed by atoms with van der Waals surface area (Å²) in [6, 6.07) is 9.20. The molecule has 7 nitrogen and oxygen atoms in total. The number of halogens is 1. The minimum atomic E-state index is -1.26. The Hall–Kier alpha value is -3.03. The van der Waals surface area contributed by atoms with Gasteiger partial charge >= 0.3 is 12.1 Å². The van der Waals surface area contributed by atoms with Gasteiger partial charge in [0.25, 0.3) is 0 Å². The Bertz CT molecular complexity index is 1320. The third kappa shape index (κ3) is 4.28. The zero-order valence-electron chi connectivity index (χ0n) is 21.1. The monoisotopic (exact) mass is 498 g/mol. The van der Waals surface area contributed by atoms with Crippen LogP contribution in [-0.4, -0.2) is 40.5 Å². The number of aryl methyl sites for hydroxylation is 1. The lowest BCUT2D eigenvalue weighted by atomic mass is 9.87. The van der Waals surface area contributed by atoms with Gasteiger partial charge in [-0.1, -0.05) is 23.7 Å². The molecule has 0 unspecified atom stereocenters. The van der Waals surface area contributed by atoms with Crippen molar-refractivity contribution in [2.45, 2.75) is 65.8 Å². The van der Waals surface area contributed by atoms with E-state index in [1.54, 1.807) is 17.0 Å². The fourth-order valence-electron chi connectivity index (χ4n) is 5.07. The molecule has 1 N–H and O–H groups in total. The second-order valence-corrected chi connectivity index (χ2v) is 10.5. The smallest absolute Gasteiger partial charge is 0.414 e. The van der Waals surface area contributed by atoms with E-state index in [0.29, 0.717) is 28.4 Å². The molecule has 35 heavy (non-hydrogen) atoms. The maximum absolute atomic E-state index is 13.0. The Labute approximate surface area is 210 Å². The van der Waals surface area contributed by atoms with Gasteiger partial charge in [-0.3, -0.25) is 4.90 Å². The van der Waals surface area contributed by atoms with E-state index >= 15 is 0 Å². The van der Waals surface area contributed by atoms with Gasteiger partial charge in [0, 0.05) is 28.2 Å². The van der Waals surface area contributed by atoms with Crippen LogP contribution in [0.5, 0.6) is 0 Å². The molecule has 2 heterocycles. The van der Waals surface area contributed by atoms with E-state index in [4.69, 9.17) is 21.1 Å². The highest BCUT2D eigenvalue weighted by atomic mass is 35.5. The lowest BCUT2D eigenvalue weighted by Gasteiger charge is -2.37. The van der Waals surface area contributed by atoms with E-state index in [1.807, 2.05) is 53.7 Å². The molecule has 8 heteroatoms. The largest absolute Gasteiger partial charge is 0.479 e. The molecule has 0 spiro atoms. The highest BCUT2D eigenvalue weighted by molar-refractivity contribution is 6.30. The minimum absolute atomic E-state index is 0.191. The van der Waals surface area contributed by atoms with Crippen LogP contribution >= 0.6 is 11.6 Å². The maximum Gasteiger partial charge on any atom is 0.414 e. The van der Waals surface area contributed by atoms with E-state index in [0.717, 1.165) is 27.7 Å². The summed E-state index contributed by atoms with van der Waals surface area (Å²) in [6.07, 6.45) is -1.75. The van der Waals surface area contributed by atoms with Crippen molar-refractivity contribution in [1.82, 2.24) is 4.57 Å². The van der Waals surface area contributed by atoms with Gasteiger partial charge in [-0.05, 0) is 76.4 Å². The standard InChI is InChI=1S/C27H31ClN2O5/c1-14-12-19-21(17-8-10-18(28)11-9-17)20(24(25(31)32)35-27(4,5)6)16(3)22-23(19)29(14)13-15(2)30(22)26(33)34-7/h8-12,15,24H,13H2,1-7H3,(H,31,32)/t15-,24+/m1/s1. The third-order valence-electron chi connectivity index (χ3n) is 6.42. The van der Waals surface area contributed by atoms with Crippen molar-refractivity contribution in [3.8, 4) is 11.1 Å². The average Bonchev–Trinajstić information content (AvgIpc) is 3.09. The number of nitrogens with zero attached hydrogens (tertiary/aromatic N) is 2. The normalized spacial score (nSPS) is 16.5. The summed E-state index contributed by atoms with van der Waals surface area (Å²) < 4.78 is 13.5.